The average Bonchev–Trinajstić information content (AvgIpc) is 2.79. The maximum absolute atomic E-state index is 8.00. The lowest BCUT2D eigenvalue weighted by Gasteiger charge is -1.87. The summed E-state index contributed by atoms with van der Waals surface area (Å²) < 4.78 is 49.7. The molecule has 0 N–H and O–H groups in total. The molecule has 2 rings (SSSR count). The number of halogens is 7. The summed E-state index contributed by atoms with van der Waals surface area (Å²) in [7, 11) is 0. The third kappa shape index (κ3) is 6.27. The van der Waals surface area contributed by atoms with E-state index < -0.39 is 0 Å². The van der Waals surface area contributed by atoms with Crippen molar-refractivity contribution >= 4 is 5.65 Å². The monoisotopic (exact) mass is 268 g/mol. The fraction of sp³-hybridized carbons (Fsp3) is 0.167. The molecule has 11 heteroatoms. The molecule has 17 heavy (non-hydrogen) atoms. The van der Waals surface area contributed by atoms with Crippen molar-refractivity contribution < 1.29 is 32.1 Å². The quantitative estimate of drug-likeness (QED) is 0.689. The Morgan fingerprint density at radius 1 is 1.06 bits per heavy atom. The van der Waals surface area contributed by atoms with Gasteiger partial charge in [-0.3, -0.25) is 4.70 Å². The minimum absolute atomic E-state index is 0. The fourth-order valence-corrected chi connectivity index (χ4v) is 0.857. The highest BCUT2D eigenvalue weighted by molar-refractivity contribution is 5.43. The lowest BCUT2D eigenvalue weighted by molar-refractivity contribution is 0.108. The smallest absolute Gasteiger partial charge is 0.180 e. The Morgan fingerprint density at radius 3 is 2.06 bits per heavy atom. The largest absolute Gasteiger partial charge is 0.269 e. The van der Waals surface area contributed by atoms with Crippen LogP contribution < -0.4 is 0 Å². The van der Waals surface area contributed by atoms with Gasteiger partial charge in [0, 0.05) is 33.0 Å². The molecule has 0 bridgehead atoms. The number of nitrogens with zero attached hydrogens (tertiary/aromatic N) is 4. The Labute approximate surface area is 89.8 Å². The van der Waals surface area contributed by atoms with E-state index in [1.54, 1.807) is 23.1 Å². The van der Waals surface area contributed by atoms with Crippen molar-refractivity contribution in [2.45, 2.75) is 6.92 Å². The summed E-state index contributed by atoms with van der Waals surface area (Å²) in [5, 5.41) is 11.7. The summed E-state index contributed by atoms with van der Waals surface area (Å²) in [4.78, 5) is 0. The minimum atomic E-state index is 0. The zero-order valence-electron chi connectivity index (χ0n) is 8.20. The van der Waals surface area contributed by atoms with Crippen molar-refractivity contribution in [3.8, 4) is 0 Å². The molecule has 2 heterocycles. The van der Waals surface area contributed by atoms with Gasteiger partial charge in [-0.2, -0.15) is 10.2 Å². The van der Waals surface area contributed by atoms with Gasteiger partial charge in [-0.25, -0.2) is 4.52 Å². The van der Waals surface area contributed by atoms with Gasteiger partial charge in [0.05, 0.1) is 18.6 Å². The summed E-state index contributed by atoms with van der Waals surface area (Å²) in [5.74, 6) is 0. The molecule has 0 aliphatic heterocycles. The number of rotatable bonds is 0. The van der Waals surface area contributed by atoms with Crippen LogP contribution in [0.3, 0.4) is 0 Å². The Bertz CT molecular complexity index is 368. The molecule has 0 radical (unpaired) electrons. The van der Waals surface area contributed by atoms with Crippen molar-refractivity contribution in [1.29, 1.82) is 0 Å². The number of hydrogen-bond donors (Lipinski definition) is 0. The molecule has 0 amide bonds. The van der Waals surface area contributed by atoms with Crippen molar-refractivity contribution in [1.82, 2.24) is 19.8 Å². The van der Waals surface area contributed by atoms with E-state index >= 15 is 0 Å². The van der Waals surface area contributed by atoms with Crippen molar-refractivity contribution in [3.63, 3.8) is 0 Å². The van der Waals surface area contributed by atoms with Crippen LogP contribution in [0.25, 0.3) is 5.65 Å². The highest BCUT2D eigenvalue weighted by Gasteiger charge is 1.97. The zero-order chi connectivity index (χ0) is 13.0. The van der Waals surface area contributed by atoms with E-state index in [1.165, 1.54) is 0 Å². The molecule has 0 saturated heterocycles. The van der Waals surface area contributed by atoms with Crippen LogP contribution in [0, 0.1) is 6.92 Å². The van der Waals surface area contributed by atoms with E-state index in [0.717, 1.165) is 11.2 Å². The topological polar surface area (TPSA) is 43.1 Å². The normalized spacial score (nSPS) is 7.24. The predicted octanol–water partition coefficient (Wildman–Crippen LogP) is 3.11. The van der Waals surface area contributed by atoms with E-state index in [4.69, 9.17) is 27.4 Å². The standard InChI is InChI=1S/C6H6N4.3F2.FH/c1-5-4-8-10-3-2-7-9-6(5)10;3*1-2;/h2-4H,1H3;;;;1H. The second kappa shape index (κ2) is 14.1. The highest BCUT2D eigenvalue weighted by atomic mass is 20.0. The molecule has 100 valence electrons. The lowest BCUT2D eigenvalue weighted by Crippen LogP contribution is -1.90. The number of hydrogen-bond acceptors (Lipinski definition) is 3. The molecule has 0 aromatic carbocycles. The SMILES string of the molecule is Cc1cnn2ccnnc12.F.FF.FF.FF. The molecule has 0 saturated carbocycles. The van der Waals surface area contributed by atoms with E-state index in [1.807, 2.05) is 6.92 Å². The Kier molecular flexibility index (Phi) is 16.9. The molecule has 0 atom stereocenters. The maximum atomic E-state index is 8.00. The molecule has 4 nitrogen and oxygen atoms in total. The van der Waals surface area contributed by atoms with Crippen LogP contribution in [0.15, 0.2) is 18.6 Å². The van der Waals surface area contributed by atoms with Crippen LogP contribution in [0.2, 0.25) is 0 Å². The zero-order valence-corrected chi connectivity index (χ0v) is 8.20. The second-order valence-electron chi connectivity index (χ2n) is 2.11. The third-order valence-electron chi connectivity index (χ3n) is 1.37. The fourth-order valence-electron chi connectivity index (χ4n) is 0.857. The third-order valence-corrected chi connectivity index (χ3v) is 1.37. The number of aromatic nitrogens is 4. The van der Waals surface area contributed by atoms with Crippen LogP contribution in [-0.2, 0) is 0 Å². The summed E-state index contributed by atoms with van der Waals surface area (Å²) in [6.45, 7) is 1.96. The van der Waals surface area contributed by atoms with Gasteiger partial charge < -0.3 is 0 Å². The molecular weight excluding hydrogens is 261 g/mol. The predicted molar refractivity (Wildman–Crippen MR) is 44.7 cm³/mol. The Morgan fingerprint density at radius 2 is 1.59 bits per heavy atom. The van der Waals surface area contributed by atoms with Crippen molar-refractivity contribution in [2.75, 3.05) is 0 Å². The van der Waals surface area contributed by atoms with E-state index in [0.29, 0.717) is 0 Å². The van der Waals surface area contributed by atoms with Crippen molar-refractivity contribution in [2.24, 2.45) is 0 Å². The molecule has 0 unspecified atom stereocenters. The van der Waals surface area contributed by atoms with Crippen LogP contribution in [0.5, 0.6) is 0 Å². The molecule has 2 aromatic rings. The average molecular weight is 268 g/mol. The van der Waals surface area contributed by atoms with Gasteiger partial charge in [0.2, 0.25) is 0 Å². The first-order valence-electron chi connectivity index (χ1n) is 3.42. The minimum Gasteiger partial charge on any atom is -0.269 e. The van der Waals surface area contributed by atoms with Gasteiger partial charge in [0.25, 0.3) is 0 Å². The van der Waals surface area contributed by atoms with Crippen LogP contribution >= 0.6 is 0 Å². The summed E-state index contributed by atoms with van der Waals surface area (Å²) in [6.07, 6.45) is 5.15. The summed E-state index contributed by atoms with van der Waals surface area (Å²) >= 11 is 0. The van der Waals surface area contributed by atoms with E-state index in [2.05, 4.69) is 15.3 Å². The van der Waals surface area contributed by atoms with E-state index in [-0.39, 0.29) is 4.70 Å². The first-order valence-corrected chi connectivity index (χ1v) is 3.42. The molecule has 0 spiro atoms. The molecule has 0 aliphatic carbocycles. The molecule has 0 fully saturated rings. The van der Waals surface area contributed by atoms with Gasteiger partial charge >= 0.3 is 0 Å². The van der Waals surface area contributed by atoms with Gasteiger partial charge in [-0.15, -0.1) is 5.10 Å². The van der Waals surface area contributed by atoms with Gasteiger partial charge in [0.1, 0.15) is 0 Å². The van der Waals surface area contributed by atoms with Crippen molar-refractivity contribution in [3.05, 3.63) is 24.2 Å². The highest BCUT2D eigenvalue weighted by Crippen LogP contribution is 2.01. The van der Waals surface area contributed by atoms with Gasteiger partial charge in [-0.05, 0) is 6.92 Å². The van der Waals surface area contributed by atoms with Gasteiger partial charge in [0.15, 0.2) is 5.65 Å². The van der Waals surface area contributed by atoms with Crippen LogP contribution in [-0.4, -0.2) is 19.8 Å². The first kappa shape index (κ1) is 20.5. The maximum Gasteiger partial charge on any atom is 0.180 e. The summed E-state index contributed by atoms with van der Waals surface area (Å²) in [6, 6.07) is 0. The Hall–Kier alpha value is -1.94. The second-order valence-corrected chi connectivity index (χ2v) is 2.11. The van der Waals surface area contributed by atoms with Gasteiger partial charge in [-0.1, -0.05) is 0 Å². The molecular formula is C6H7F7N4. The number of aryl methyl sites for hydroxylation is 1. The molecule has 0 aliphatic rings. The Balaban J connectivity index is -0.000000248. The van der Waals surface area contributed by atoms with E-state index in [9.17, 15) is 0 Å². The summed E-state index contributed by atoms with van der Waals surface area (Å²) in [5.41, 5.74) is 1.87. The molecule has 2 aromatic heterocycles. The number of fused-ring (bicyclic) bond motifs is 1. The first-order chi connectivity index (χ1) is 7.88. The lowest BCUT2D eigenvalue weighted by atomic mass is 10.4. The van der Waals surface area contributed by atoms with Crippen LogP contribution in [0.4, 0.5) is 32.1 Å². The van der Waals surface area contributed by atoms with Crippen LogP contribution in [0.1, 0.15) is 5.56 Å².